The molecule has 1 aromatic heterocycles. The Labute approximate surface area is 164 Å². The number of ketones is 1. The molecule has 0 saturated carbocycles. The number of hydrogen-bond acceptors (Lipinski definition) is 5. The Morgan fingerprint density at radius 3 is 2.18 bits per heavy atom. The van der Waals surface area contributed by atoms with Crippen molar-refractivity contribution in [1.82, 2.24) is 4.57 Å². The van der Waals surface area contributed by atoms with Gasteiger partial charge in [-0.3, -0.25) is 9.59 Å². The molecule has 0 aliphatic heterocycles. The van der Waals surface area contributed by atoms with Crippen molar-refractivity contribution in [3.63, 3.8) is 0 Å². The monoisotopic (exact) mass is 383 g/mol. The van der Waals surface area contributed by atoms with Gasteiger partial charge in [0.05, 0.1) is 6.61 Å². The summed E-state index contributed by atoms with van der Waals surface area (Å²) in [4.78, 5) is 23.0. The summed E-state index contributed by atoms with van der Waals surface area (Å²) in [5.74, 6) is -0.263. The van der Waals surface area contributed by atoms with Crippen molar-refractivity contribution >= 4 is 22.7 Å². The number of para-hydroxylation sites is 3. The van der Waals surface area contributed by atoms with E-state index in [0.29, 0.717) is 26.0 Å². The van der Waals surface area contributed by atoms with Crippen molar-refractivity contribution in [2.45, 2.75) is 33.2 Å². The first-order valence-corrected chi connectivity index (χ1v) is 9.15. The van der Waals surface area contributed by atoms with E-state index >= 15 is 0 Å². The van der Waals surface area contributed by atoms with Crippen LogP contribution in [0, 0.1) is 0 Å². The summed E-state index contributed by atoms with van der Waals surface area (Å²) in [6.07, 6.45) is 2.97. The van der Waals surface area contributed by atoms with Gasteiger partial charge in [-0.25, -0.2) is 0 Å². The molecule has 0 atom stereocenters. The van der Waals surface area contributed by atoms with Gasteiger partial charge >= 0.3 is 5.97 Å². The lowest BCUT2D eigenvalue weighted by molar-refractivity contribution is -0.143. The number of aryl methyl sites for hydroxylation is 1. The molecule has 0 aliphatic carbocycles. The highest BCUT2D eigenvalue weighted by Gasteiger charge is 2.11. The first-order valence-electron chi connectivity index (χ1n) is 9.15. The normalized spacial score (nSPS) is 10.2. The molecule has 28 heavy (non-hydrogen) atoms. The van der Waals surface area contributed by atoms with E-state index in [2.05, 4.69) is 0 Å². The number of benzene rings is 2. The predicted molar refractivity (Wildman–Crippen MR) is 108 cm³/mol. The maximum absolute atomic E-state index is 11.7. The maximum Gasteiger partial charge on any atom is 0.305 e. The molecule has 2 aromatic carbocycles. The highest BCUT2D eigenvalue weighted by molar-refractivity contribution is 6.06. The van der Waals surface area contributed by atoms with Crippen LogP contribution in [0.15, 0.2) is 54.7 Å². The standard InChI is InChI=1S/C16H19NO3.C6H6O2/c1-3-20-16(19)9-6-10-17-11-14(12(2)18)13-7-4-5-8-15(13)17;7-5-3-1-2-4-6(5)8/h4-5,7-8,11H,3,6,9-10H2,1-2H3;1-4,7-8H. The molecule has 1 heterocycles. The Morgan fingerprint density at radius 1 is 1.00 bits per heavy atom. The molecule has 3 rings (SSSR count). The van der Waals surface area contributed by atoms with Crippen molar-refractivity contribution in [3.8, 4) is 11.5 Å². The number of hydrogen-bond donors (Lipinski definition) is 2. The fraction of sp³-hybridized carbons (Fsp3) is 0.273. The van der Waals surface area contributed by atoms with Gasteiger partial charge in [0, 0.05) is 35.6 Å². The molecular weight excluding hydrogens is 358 g/mol. The Morgan fingerprint density at radius 2 is 1.61 bits per heavy atom. The summed E-state index contributed by atoms with van der Waals surface area (Å²) in [5.41, 5.74) is 1.76. The zero-order valence-electron chi connectivity index (χ0n) is 16.1. The van der Waals surface area contributed by atoms with Crippen molar-refractivity contribution in [2.75, 3.05) is 6.61 Å². The van der Waals surface area contributed by atoms with E-state index in [1.165, 1.54) is 12.1 Å². The summed E-state index contributed by atoms with van der Waals surface area (Å²) >= 11 is 0. The number of fused-ring (bicyclic) bond motifs is 1. The fourth-order valence-corrected chi connectivity index (χ4v) is 2.80. The summed E-state index contributed by atoms with van der Waals surface area (Å²) in [6.45, 7) is 4.49. The van der Waals surface area contributed by atoms with Crippen molar-refractivity contribution in [3.05, 3.63) is 60.3 Å². The molecule has 0 fully saturated rings. The quantitative estimate of drug-likeness (QED) is 0.377. The van der Waals surface area contributed by atoms with E-state index in [-0.39, 0.29) is 23.3 Å². The number of nitrogens with zero attached hydrogens (tertiary/aromatic N) is 1. The predicted octanol–water partition coefficient (Wildman–Crippen LogP) is 4.29. The first-order chi connectivity index (χ1) is 13.4. The van der Waals surface area contributed by atoms with E-state index < -0.39 is 0 Å². The lowest BCUT2D eigenvalue weighted by Gasteiger charge is -2.05. The number of rotatable bonds is 6. The minimum absolute atomic E-state index is 0.0605. The molecule has 0 saturated heterocycles. The van der Waals surface area contributed by atoms with E-state index in [4.69, 9.17) is 14.9 Å². The number of aromatic hydroxyl groups is 2. The molecule has 2 N–H and O–H groups in total. The Balaban J connectivity index is 0.000000292. The Bertz CT molecular complexity index is 924. The van der Waals surface area contributed by atoms with Gasteiger partial charge in [-0.2, -0.15) is 0 Å². The number of carbonyl (C=O) groups excluding carboxylic acids is 2. The highest BCUT2D eigenvalue weighted by atomic mass is 16.5. The van der Waals surface area contributed by atoms with Crippen LogP contribution < -0.4 is 0 Å². The summed E-state index contributed by atoms with van der Waals surface area (Å²) in [7, 11) is 0. The van der Waals surface area contributed by atoms with E-state index in [1.54, 1.807) is 26.0 Å². The SMILES string of the molecule is CCOC(=O)CCCn1cc(C(C)=O)c2ccccc21.Oc1ccccc1O. The van der Waals surface area contributed by atoms with E-state index in [1.807, 2.05) is 35.0 Å². The number of phenolic OH excluding ortho intramolecular Hbond substituents is 2. The average Bonchev–Trinajstić information content (AvgIpc) is 3.04. The number of phenols is 2. The van der Waals surface area contributed by atoms with Gasteiger partial charge in [-0.05, 0) is 38.5 Å². The van der Waals surface area contributed by atoms with Crippen LogP contribution in [0.5, 0.6) is 11.5 Å². The molecule has 0 bridgehead atoms. The van der Waals surface area contributed by atoms with Crippen LogP contribution in [0.4, 0.5) is 0 Å². The number of ether oxygens (including phenoxy) is 1. The summed E-state index contributed by atoms with van der Waals surface area (Å²) in [5, 5.41) is 18.3. The van der Waals surface area contributed by atoms with Crippen molar-refractivity contribution in [2.24, 2.45) is 0 Å². The van der Waals surface area contributed by atoms with E-state index in [9.17, 15) is 9.59 Å². The second-order valence-electron chi connectivity index (χ2n) is 6.21. The third kappa shape index (κ3) is 5.61. The topological polar surface area (TPSA) is 88.8 Å². The number of esters is 1. The van der Waals surface area contributed by atoms with Gasteiger partial charge in [-0.1, -0.05) is 30.3 Å². The molecule has 6 nitrogen and oxygen atoms in total. The smallest absolute Gasteiger partial charge is 0.305 e. The van der Waals surface area contributed by atoms with Gasteiger partial charge in [-0.15, -0.1) is 0 Å². The molecule has 0 amide bonds. The maximum atomic E-state index is 11.7. The molecular formula is C22H25NO5. The third-order valence-corrected chi connectivity index (χ3v) is 4.13. The van der Waals surface area contributed by atoms with Gasteiger partial charge < -0.3 is 19.5 Å². The van der Waals surface area contributed by atoms with Crippen LogP contribution in [0.1, 0.15) is 37.0 Å². The molecule has 0 unspecified atom stereocenters. The fourth-order valence-electron chi connectivity index (χ4n) is 2.80. The van der Waals surface area contributed by atoms with Gasteiger partial charge in [0.2, 0.25) is 0 Å². The number of Topliss-reactive ketones (excluding diaryl/α,β-unsaturated/α-hetero) is 1. The Hall–Kier alpha value is -3.28. The molecule has 148 valence electrons. The van der Waals surface area contributed by atoms with Crippen LogP contribution in [0.3, 0.4) is 0 Å². The zero-order chi connectivity index (χ0) is 20.5. The molecule has 6 heteroatoms. The highest BCUT2D eigenvalue weighted by Crippen LogP contribution is 2.22. The summed E-state index contributed by atoms with van der Waals surface area (Å²) < 4.78 is 6.94. The van der Waals surface area contributed by atoms with Crippen LogP contribution in [-0.4, -0.2) is 33.1 Å². The minimum atomic E-state index is -0.171. The lowest BCUT2D eigenvalue weighted by Crippen LogP contribution is -2.06. The third-order valence-electron chi connectivity index (χ3n) is 4.13. The minimum Gasteiger partial charge on any atom is -0.504 e. The first kappa shape index (κ1) is 21.0. The summed E-state index contributed by atoms with van der Waals surface area (Å²) in [6, 6.07) is 14.0. The zero-order valence-corrected chi connectivity index (χ0v) is 16.1. The van der Waals surface area contributed by atoms with Gasteiger partial charge in [0.1, 0.15) is 0 Å². The number of carbonyl (C=O) groups is 2. The Kier molecular flexibility index (Phi) is 7.63. The van der Waals surface area contributed by atoms with Gasteiger partial charge in [0.15, 0.2) is 17.3 Å². The molecule has 3 aromatic rings. The van der Waals surface area contributed by atoms with Gasteiger partial charge in [0.25, 0.3) is 0 Å². The second-order valence-corrected chi connectivity index (χ2v) is 6.21. The molecule has 0 radical (unpaired) electrons. The number of aromatic nitrogens is 1. The van der Waals surface area contributed by atoms with E-state index in [0.717, 1.165) is 16.5 Å². The second kappa shape index (κ2) is 10.2. The van der Waals surface area contributed by atoms with Crippen LogP contribution in [0.25, 0.3) is 10.9 Å². The van der Waals surface area contributed by atoms with Crippen LogP contribution >= 0.6 is 0 Å². The van der Waals surface area contributed by atoms with Crippen molar-refractivity contribution in [1.29, 1.82) is 0 Å². The largest absolute Gasteiger partial charge is 0.504 e. The lowest BCUT2D eigenvalue weighted by atomic mass is 10.1. The van der Waals surface area contributed by atoms with Crippen LogP contribution in [-0.2, 0) is 16.1 Å². The molecule has 0 spiro atoms. The molecule has 0 aliphatic rings. The van der Waals surface area contributed by atoms with Crippen molar-refractivity contribution < 1.29 is 24.5 Å². The van der Waals surface area contributed by atoms with Crippen LogP contribution in [0.2, 0.25) is 0 Å². The average molecular weight is 383 g/mol.